The first kappa shape index (κ1) is 27.0. The van der Waals surface area contributed by atoms with Gasteiger partial charge in [-0.3, -0.25) is 9.59 Å². The number of imidazole rings is 1. The van der Waals surface area contributed by atoms with Gasteiger partial charge in [-0.2, -0.15) is 0 Å². The van der Waals surface area contributed by atoms with Crippen molar-refractivity contribution >= 4 is 22.7 Å². The number of hydrogen-bond donors (Lipinski definition) is 5. The van der Waals surface area contributed by atoms with Gasteiger partial charge in [-0.15, -0.1) is 0 Å². The second-order valence-electron chi connectivity index (χ2n) is 13.1. The fraction of sp³-hybridized carbons (Fsp3) is 0.441. The minimum atomic E-state index is -0.794. The first-order valence-electron chi connectivity index (χ1n) is 15.4. The molecule has 4 saturated carbocycles. The van der Waals surface area contributed by atoms with Crippen LogP contribution in [-0.2, 0) is 34.4 Å². The Morgan fingerprint density at radius 2 is 1.62 bits per heavy atom. The van der Waals surface area contributed by atoms with Gasteiger partial charge < -0.3 is 26.3 Å². The van der Waals surface area contributed by atoms with Crippen LogP contribution in [0.15, 0.2) is 67.0 Å². The van der Waals surface area contributed by atoms with Crippen LogP contribution in [0.25, 0.3) is 10.9 Å². The normalized spacial score (nSPS) is 25.8. The Hall–Kier alpha value is -3.91. The molecule has 0 unspecified atom stereocenters. The Labute approximate surface area is 246 Å². The number of rotatable bonds is 10. The molecule has 42 heavy (non-hydrogen) atoms. The lowest BCUT2D eigenvalue weighted by molar-refractivity contribution is -0.129. The number of fused-ring (bicyclic) bond motifs is 1. The van der Waals surface area contributed by atoms with E-state index in [1.54, 1.807) is 0 Å². The zero-order valence-electron chi connectivity index (χ0n) is 23.9. The Balaban J connectivity index is 1.07. The summed E-state index contributed by atoms with van der Waals surface area (Å²) in [5.74, 6) is 2.94. The molecule has 218 valence electrons. The molecular formula is C34H40N6O2. The third-order valence-corrected chi connectivity index (χ3v) is 9.99. The van der Waals surface area contributed by atoms with Gasteiger partial charge in [0.25, 0.3) is 0 Å². The van der Waals surface area contributed by atoms with E-state index in [-0.39, 0.29) is 17.2 Å². The minimum Gasteiger partial charge on any atom is -0.361 e. The lowest BCUT2D eigenvalue weighted by atomic mass is 9.49. The second kappa shape index (κ2) is 11.1. The van der Waals surface area contributed by atoms with E-state index in [0.717, 1.165) is 51.3 Å². The maximum absolute atomic E-state index is 13.5. The van der Waals surface area contributed by atoms with E-state index >= 15 is 0 Å². The highest BCUT2D eigenvalue weighted by Crippen LogP contribution is 2.60. The summed E-state index contributed by atoms with van der Waals surface area (Å²) in [5.41, 5.74) is 10.4. The van der Waals surface area contributed by atoms with Crippen LogP contribution in [0.1, 0.15) is 61.2 Å². The second-order valence-corrected chi connectivity index (χ2v) is 13.1. The number of carbonyl (C=O) groups is 2. The number of benzene rings is 2. The van der Waals surface area contributed by atoms with Gasteiger partial charge in [-0.05, 0) is 79.9 Å². The van der Waals surface area contributed by atoms with Crippen molar-refractivity contribution in [3.63, 3.8) is 0 Å². The molecule has 4 bridgehead atoms. The van der Waals surface area contributed by atoms with E-state index in [2.05, 4.69) is 20.6 Å². The number of nitrogens with two attached hydrogens (primary N) is 1. The van der Waals surface area contributed by atoms with Gasteiger partial charge >= 0.3 is 0 Å². The van der Waals surface area contributed by atoms with E-state index < -0.39 is 12.1 Å². The van der Waals surface area contributed by atoms with Crippen LogP contribution in [-0.4, -0.2) is 38.8 Å². The summed E-state index contributed by atoms with van der Waals surface area (Å²) in [4.78, 5) is 38.6. The summed E-state index contributed by atoms with van der Waals surface area (Å²) < 4.78 is 0. The maximum Gasteiger partial charge on any atom is 0.243 e. The van der Waals surface area contributed by atoms with Crippen LogP contribution in [0.2, 0.25) is 0 Å². The maximum atomic E-state index is 13.5. The third kappa shape index (κ3) is 5.36. The van der Waals surface area contributed by atoms with Crippen molar-refractivity contribution in [1.82, 2.24) is 25.6 Å². The molecule has 2 atom stereocenters. The predicted molar refractivity (Wildman–Crippen MR) is 162 cm³/mol. The van der Waals surface area contributed by atoms with Gasteiger partial charge in [-0.1, -0.05) is 48.5 Å². The molecule has 4 aliphatic carbocycles. The van der Waals surface area contributed by atoms with Gasteiger partial charge in [-0.25, -0.2) is 4.98 Å². The average Bonchev–Trinajstić information content (AvgIpc) is 3.63. The molecule has 0 radical (unpaired) electrons. The van der Waals surface area contributed by atoms with Crippen molar-refractivity contribution in [3.05, 3.63) is 89.6 Å². The Morgan fingerprint density at radius 3 is 2.36 bits per heavy atom. The predicted octanol–water partition coefficient (Wildman–Crippen LogP) is 4.27. The van der Waals surface area contributed by atoms with Gasteiger partial charge in [0.1, 0.15) is 11.9 Å². The fourth-order valence-corrected chi connectivity index (χ4v) is 8.38. The van der Waals surface area contributed by atoms with Crippen molar-refractivity contribution in [1.29, 1.82) is 0 Å². The van der Waals surface area contributed by atoms with E-state index in [1.165, 1.54) is 38.5 Å². The standard InChI is InChI=1S/C34H40N6O2/c35-28(13-25-19-36-29-9-5-4-8-27(25)29)31(41)40-30(32(42)37-18-21-6-2-1-3-7-21)14-26-20-38-33(39-26)34-15-22-10-23(16-34)12-24(11-22)17-34/h1-9,19-20,22-24,28,30,36H,10-18,35H2,(H,37,42)(H,38,39)(H,40,41)/t22?,23?,24?,28-,30-,34?/m0/s1. The molecular weight excluding hydrogens is 524 g/mol. The smallest absolute Gasteiger partial charge is 0.243 e. The van der Waals surface area contributed by atoms with Crippen LogP contribution < -0.4 is 16.4 Å². The SMILES string of the molecule is N[C@@H](Cc1c[nH]c2ccccc12)C(=O)N[C@@H](Cc1cnc(C23CC4CC(CC(C4)C2)C3)[nH]1)C(=O)NCc1ccccc1. The lowest BCUT2D eigenvalue weighted by Crippen LogP contribution is -2.53. The molecule has 6 N–H and O–H groups in total. The molecule has 4 aliphatic rings. The Bertz CT molecular complexity index is 1540. The van der Waals surface area contributed by atoms with Crippen molar-refractivity contribution in [2.75, 3.05) is 0 Å². The van der Waals surface area contributed by atoms with Crippen LogP contribution in [0, 0.1) is 17.8 Å². The van der Waals surface area contributed by atoms with Crippen LogP contribution in [0.5, 0.6) is 0 Å². The average molecular weight is 565 g/mol. The van der Waals surface area contributed by atoms with Gasteiger partial charge in [0.05, 0.1) is 6.04 Å². The number of amides is 2. The third-order valence-electron chi connectivity index (χ3n) is 9.99. The fourth-order valence-electron chi connectivity index (χ4n) is 8.38. The van der Waals surface area contributed by atoms with Crippen molar-refractivity contribution in [3.8, 4) is 0 Å². The number of nitrogens with zero attached hydrogens (tertiary/aromatic N) is 1. The molecule has 0 aliphatic heterocycles. The van der Waals surface area contributed by atoms with Gasteiger partial charge in [0, 0.05) is 47.4 Å². The molecule has 8 rings (SSSR count). The zero-order valence-corrected chi connectivity index (χ0v) is 23.9. The number of aromatic amines is 2. The number of para-hydroxylation sites is 1. The van der Waals surface area contributed by atoms with Crippen molar-refractivity contribution < 1.29 is 9.59 Å². The molecule has 4 aromatic rings. The van der Waals surface area contributed by atoms with Gasteiger partial charge in [0.15, 0.2) is 0 Å². The molecule has 2 aromatic heterocycles. The summed E-state index contributed by atoms with van der Waals surface area (Å²) in [6.45, 7) is 0.384. The molecule has 2 aromatic carbocycles. The van der Waals surface area contributed by atoms with Crippen molar-refractivity contribution in [2.45, 2.75) is 75.4 Å². The first-order chi connectivity index (χ1) is 20.4. The van der Waals surface area contributed by atoms with Crippen LogP contribution >= 0.6 is 0 Å². The van der Waals surface area contributed by atoms with E-state index in [4.69, 9.17) is 10.7 Å². The largest absolute Gasteiger partial charge is 0.361 e. The number of aromatic nitrogens is 3. The minimum absolute atomic E-state index is 0.142. The van der Waals surface area contributed by atoms with Crippen molar-refractivity contribution in [2.24, 2.45) is 23.5 Å². The number of nitrogens with one attached hydrogen (secondary N) is 4. The topological polar surface area (TPSA) is 129 Å². The summed E-state index contributed by atoms with van der Waals surface area (Å²) in [7, 11) is 0. The van der Waals surface area contributed by atoms with E-state index in [1.807, 2.05) is 67.0 Å². The molecule has 8 nitrogen and oxygen atoms in total. The highest BCUT2D eigenvalue weighted by molar-refractivity contribution is 5.91. The van der Waals surface area contributed by atoms with E-state index in [9.17, 15) is 9.59 Å². The molecule has 2 amide bonds. The quantitative estimate of drug-likeness (QED) is 0.197. The monoisotopic (exact) mass is 564 g/mol. The first-order valence-corrected chi connectivity index (χ1v) is 15.4. The van der Waals surface area contributed by atoms with E-state index in [0.29, 0.717) is 19.4 Å². The summed E-state index contributed by atoms with van der Waals surface area (Å²) >= 11 is 0. The zero-order chi connectivity index (χ0) is 28.7. The Morgan fingerprint density at radius 1 is 0.929 bits per heavy atom. The van der Waals surface area contributed by atoms with Crippen LogP contribution in [0.4, 0.5) is 0 Å². The summed E-state index contributed by atoms with van der Waals surface area (Å²) in [6, 6.07) is 16.2. The molecule has 8 heteroatoms. The molecule has 2 heterocycles. The van der Waals surface area contributed by atoms with Gasteiger partial charge in [0.2, 0.25) is 11.8 Å². The molecule has 4 fully saturated rings. The highest BCUT2D eigenvalue weighted by atomic mass is 16.2. The van der Waals surface area contributed by atoms with Crippen LogP contribution in [0.3, 0.4) is 0 Å². The number of carbonyl (C=O) groups excluding carboxylic acids is 2. The lowest BCUT2D eigenvalue weighted by Gasteiger charge is -2.56. The number of hydrogen-bond acceptors (Lipinski definition) is 4. The highest BCUT2D eigenvalue weighted by Gasteiger charge is 2.53. The number of H-pyrrole nitrogens is 2. The summed E-state index contributed by atoms with van der Waals surface area (Å²) in [6.07, 6.45) is 12.2. The summed E-state index contributed by atoms with van der Waals surface area (Å²) in [5, 5.41) is 7.04. The molecule has 0 spiro atoms. The molecule has 0 saturated heterocycles. The Kier molecular flexibility index (Phi) is 7.10.